The van der Waals surface area contributed by atoms with E-state index >= 15 is 0 Å². The summed E-state index contributed by atoms with van der Waals surface area (Å²) >= 11 is 8.57. The van der Waals surface area contributed by atoms with E-state index < -0.39 is 20.2 Å². The van der Waals surface area contributed by atoms with Gasteiger partial charge in [0.25, 0.3) is 20.2 Å². The van der Waals surface area contributed by atoms with Crippen LogP contribution in [-0.4, -0.2) is 25.9 Å². The topological polar surface area (TPSA) is 161 Å². The van der Waals surface area contributed by atoms with E-state index in [0.29, 0.717) is 10.2 Å². The van der Waals surface area contributed by atoms with Crippen molar-refractivity contribution in [2.24, 2.45) is 0 Å². The summed E-state index contributed by atoms with van der Waals surface area (Å²) in [5, 5.41) is 0.252. The molecule has 8 nitrogen and oxygen atoms in total. The van der Waals surface area contributed by atoms with Gasteiger partial charge in [-0.05, 0) is 52.3 Å². The molecule has 2 aromatic rings. The van der Waals surface area contributed by atoms with Crippen molar-refractivity contribution in [2.45, 2.75) is 9.79 Å². The molecule has 0 atom stereocenters. The summed E-state index contributed by atoms with van der Waals surface area (Å²) < 4.78 is 59.9. The number of anilines is 2. The van der Waals surface area contributed by atoms with Crippen molar-refractivity contribution in [3.8, 4) is 0 Å². The molecule has 24 heavy (non-hydrogen) atoms. The third-order valence-corrected chi connectivity index (χ3v) is 5.27. The number of hydrogen-bond donors (Lipinski definition) is 4. The fourth-order valence-corrected chi connectivity index (χ4v) is 3.02. The smallest absolute Gasteiger partial charge is 0.294 e. The average Bonchev–Trinajstić information content (AvgIpc) is 2.43. The lowest BCUT2D eigenvalue weighted by atomic mass is 10.3. The quantitative estimate of drug-likeness (QED) is 0.393. The Morgan fingerprint density at radius 2 is 1.29 bits per heavy atom. The van der Waals surface area contributed by atoms with Crippen LogP contribution in [-0.2, 0) is 20.2 Å². The molecule has 2 rings (SSSR count). The summed E-state index contributed by atoms with van der Waals surface area (Å²) in [5.41, 5.74) is 11.3. The number of nitrogen functional groups attached to an aromatic ring is 2. The Labute approximate surface area is 152 Å². The molecule has 0 spiro atoms. The van der Waals surface area contributed by atoms with Gasteiger partial charge in [0, 0.05) is 10.2 Å². The molecule has 0 aliphatic rings. The van der Waals surface area contributed by atoms with Crippen molar-refractivity contribution >= 4 is 59.1 Å². The van der Waals surface area contributed by atoms with Crippen molar-refractivity contribution in [2.75, 3.05) is 11.5 Å². The van der Waals surface area contributed by atoms with Crippen LogP contribution in [0.2, 0.25) is 5.02 Å². The highest BCUT2D eigenvalue weighted by atomic mass is 79.9. The van der Waals surface area contributed by atoms with Crippen LogP contribution in [0.4, 0.5) is 11.4 Å². The van der Waals surface area contributed by atoms with Crippen LogP contribution in [0.5, 0.6) is 0 Å². The number of hydrogen-bond acceptors (Lipinski definition) is 6. The van der Waals surface area contributed by atoms with Crippen molar-refractivity contribution in [1.29, 1.82) is 0 Å². The lowest BCUT2D eigenvalue weighted by Gasteiger charge is -1.99. The van der Waals surface area contributed by atoms with Crippen LogP contribution < -0.4 is 11.5 Å². The molecular formula is C12H12BrClN2O6S2. The van der Waals surface area contributed by atoms with Crippen molar-refractivity contribution in [1.82, 2.24) is 0 Å². The highest BCUT2D eigenvalue weighted by molar-refractivity contribution is 9.10. The van der Waals surface area contributed by atoms with Gasteiger partial charge >= 0.3 is 0 Å². The van der Waals surface area contributed by atoms with Gasteiger partial charge in [-0.1, -0.05) is 11.6 Å². The molecule has 0 heterocycles. The zero-order valence-corrected chi connectivity index (χ0v) is 15.7. The first-order valence-electron chi connectivity index (χ1n) is 5.87. The fourth-order valence-electron chi connectivity index (χ4n) is 1.35. The number of rotatable bonds is 2. The van der Waals surface area contributed by atoms with E-state index in [4.69, 9.17) is 32.2 Å². The predicted octanol–water partition coefficient (Wildman–Crippen LogP) is 2.45. The molecule has 0 saturated carbocycles. The molecule has 0 radical (unpaired) electrons. The summed E-state index contributed by atoms with van der Waals surface area (Å²) in [6.07, 6.45) is 0. The van der Waals surface area contributed by atoms with Gasteiger partial charge in [-0.2, -0.15) is 16.8 Å². The molecule has 6 N–H and O–H groups in total. The van der Waals surface area contributed by atoms with E-state index in [1.807, 2.05) is 0 Å². The van der Waals surface area contributed by atoms with Crippen molar-refractivity contribution in [3.05, 3.63) is 45.9 Å². The van der Waals surface area contributed by atoms with Crippen molar-refractivity contribution < 1.29 is 25.9 Å². The maximum atomic E-state index is 10.6. The molecule has 0 bridgehead atoms. The molecule has 0 aliphatic carbocycles. The summed E-state index contributed by atoms with van der Waals surface area (Å²) in [6, 6.07) is 7.44. The van der Waals surface area contributed by atoms with E-state index in [1.54, 1.807) is 0 Å². The first kappa shape index (κ1) is 20.7. The van der Waals surface area contributed by atoms with E-state index in [2.05, 4.69) is 15.9 Å². The Morgan fingerprint density at radius 3 is 1.71 bits per heavy atom. The number of halogens is 2. The highest BCUT2D eigenvalue weighted by Gasteiger charge is 2.10. The Hall–Kier alpha value is -1.37. The lowest BCUT2D eigenvalue weighted by molar-refractivity contribution is 0.481. The molecule has 0 amide bonds. The van der Waals surface area contributed by atoms with Crippen molar-refractivity contribution in [3.63, 3.8) is 0 Å². The van der Waals surface area contributed by atoms with Crippen LogP contribution in [0.3, 0.4) is 0 Å². The minimum absolute atomic E-state index is 0.117. The van der Waals surface area contributed by atoms with E-state index in [-0.39, 0.29) is 20.5 Å². The third kappa shape index (κ3) is 5.92. The Bertz CT molecular complexity index is 884. The van der Waals surface area contributed by atoms with Crippen LogP contribution in [0.1, 0.15) is 0 Å². The second kappa shape index (κ2) is 7.68. The van der Waals surface area contributed by atoms with Gasteiger partial charge in [0.05, 0.1) is 20.5 Å². The Morgan fingerprint density at radius 1 is 0.833 bits per heavy atom. The summed E-state index contributed by atoms with van der Waals surface area (Å²) in [7, 11) is -8.31. The van der Waals surface area contributed by atoms with Crippen LogP contribution in [0, 0.1) is 0 Å². The van der Waals surface area contributed by atoms with Gasteiger partial charge < -0.3 is 11.5 Å². The maximum Gasteiger partial charge on any atom is 0.294 e. The molecule has 0 unspecified atom stereocenters. The third-order valence-electron chi connectivity index (χ3n) is 2.54. The molecule has 0 saturated heterocycles. The van der Waals surface area contributed by atoms with Gasteiger partial charge in [0.15, 0.2) is 0 Å². The zero-order chi connectivity index (χ0) is 18.7. The molecule has 0 aromatic heterocycles. The summed E-state index contributed by atoms with van der Waals surface area (Å²) in [5.74, 6) is 0. The Balaban J connectivity index is 0.000000240. The minimum Gasteiger partial charge on any atom is -0.398 e. The molecule has 132 valence electrons. The summed E-state index contributed by atoms with van der Waals surface area (Å²) in [4.78, 5) is -0.437. The lowest BCUT2D eigenvalue weighted by Crippen LogP contribution is -1.99. The van der Waals surface area contributed by atoms with Gasteiger partial charge in [-0.3, -0.25) is 9.11 Å². The second-order valence-corrected chi connectivity index (χ2v) is 8.42. The normalized spacial score (nSPS) is 11.5. The predicted molar refractivity (Wildman–Crippen MR) is 94.0 cm³/mol. The first-order valence-corrected chi connectivity index (χ1v) is 9.92. The number of nitrogens with two attached hydrogens (primary N) is 2. The van der Waals surface area contributed by atoms with E-state index in [1.165, 1.54) is 30.3 Å². The van der Waals surface area contributed by atoms with Gasteiger partial charge in [0.2, 0.25) is 0 Å². The first-order chi connectivity index (χ1) is 10.8. The monoisotopic (exact) mass is 458 g/mol. The average molecular weight is 460 g/mol. The standard InChI is InChI=1S/C6H6BrNO3S.C6H6ClNO3S/c7-5-3-4(12(9,10)11)1-2-6(5)8;7-5-2-1-4(3-6(5)8)12(9,10)11/h2*1-3H,8H2,(H,9,10,11). The van der Waals surface area contributed by atoms with E-state index in [0.717, 1.165) is 6.07 Å². The summed E-state index contributed by atoms with van der Waals surface area (Å²) in [6.45, 7) is 0. The Kier molecular flexibility index (Phi) is 6.61. The molecule has 0 fully saturated rings. The van der Waals surface area contributed by atoms with Crippen LogP contribution in [0.15, 0.2) is 50.7 Å². The SMILES string of the molecule is Nc1cc(S(=O)(=O)O)ccc1Cl.Nc1ccc(S(=O)(=O)O)cc1Br. The van der Waals surface area contributed by atoms with Crippen LogP contribution in [0.25, 0.3) is 0 Å². The molecular weight excluding hydrogens is 448 g/mol. The van der Waals surface area contributed by atoms with Gasteiger partial charge in [0.1, 0.15) is 0 Å². The molecule has 2 aromatic carbocycles. The van der Waals surface area contributed by atoms with Gasteiger partial charge in [-0.15, -0.1) is 0 Å². The van der Waals surface area contributed by atoms with E-state index in [9.17, 15) is 16.8 Å². The maximum absolute atomic E-state index is 10.6. The molecule has 0 aliphatic heterocycles. The van der Waals surface area contributed by atoms with Gasteiger partial charge in [-0.25, -0.2) is 0 Å². The van der Waals surface area contributed by atoms with Crippen LogP contribution >= 0.6 is 27.5 Å². The fraction of sp³-hybridized carbons (Fsp3) is 0. The minimum atomic E-state index is -4.18. The highest BCUT2D eigenvalue weighted by Crippen LogP contribution is 2.23. The zero-order valence-electron chi connectivity index (χ0n) is 11.7. The second-order valence-electron chi connectivity index (χ2n) is 4.32. The molecule has 12 heteroatoms. The largest absolute Gasteiger partial charge is 0.398 e. The number of benzene rings is 2.